The van der Waals surface area contributed by atoms with E-state index < -0.39 is 0 Å². The van der Waals surface area contributed by atoms with Gasteiger partial charge in [0.2, 0.25) is 5.96 Å². The summed E-state index contributed by atoms with van der Waals surface area (Å²) < 4.78 is 0. The molecule has 4 nitrogen and oxygen atoms in total. The maximum Gasteiger partial charge on any atom is 0.203 e. The summed E-state index contributed by atoms with van der Waals surface area (Å²) in [5, 5.41) is 0. The fraction of sp³-hybridized carbons (Fsp3) is 0.857. The fourth-order valence-electron chi connectivity index (χ4n) is 1.01. The summed E-state index contributed by atoms with van der Waals surface area (Å²) in [6, 6.07) is 0.242. The van der Waals surface area contributed by atoms with Crippen LogP contribution in [0, 0.1) is 5.92 Å². The lowest BCUT2D eigenvalue weighted by Gasteiger charge is -2.09. The van der Waals surface area contributed by atoms with E-state index in [2.05, 4.69) is 24.3 Å². The molecule has 0 aliphatic heterocycles. The van der Waals surface area contributed by atoms with E-state index in [1.54, 1.807) is 0 Å². The second-order valence-electron chi connectivity index (χ2n) is 3.14. The van der Waals surface area contributed by atoms with Gasteiger partial charge in [-0.15, -0.1) is 0 Å². The van der Waals surface area contributed by atoms with Crippen LogP contribution in [0.1, 0.15) is 27.2 Å². The van der Waals surface area contributed by atoms with E-state index in [4.69, 9.17) is 11.6 Å². The van der Waals surface area contributed by atoms with E-state index in [1.165, 1.54) is 0 Å². The monoisotopic (exact) mass is 158 g/mol. The van der Waals surface area contributed by atoms with Gasteiger partial charge in [0.15, 0.2) is 0 Å². The maximum atomic E-state index is 5.36. The highest BCUT2D eigenvalue weighted by molar-refractivity contribution is 5.77. The molecular weight excluding hydrogens is 140 g/mol. The smallest absolute Gasteiger partial charge is 0.203 e. The molecule has 0 spiro atoms. The van der Waals surface area contributed by atoms with Gasteiger partial charge in [0.25, 0.3) is 0 Å². The summed E-state index contributed by atoms with van der Waals surface area (Å²) in [5.41, 5.74) is 7.66. The van der Waals surface area contributed by atoms with E-state index in [0.29, 0.717) is 11.9 Å². The number of nitrogens with one attached hydrogen (secondary N) is 1. The van der Waals surface area contributed by atoms with Crippen molar-refractivity contribution in [2.24, 2.45) is 22.5 Å². The molecule has 0 fully saturated rings. The first kappa shape index (κ1) is 10.2. The zero-order valence-electron chi connectivity index (χ0n) is 7.46. The third kappa shape index (κ3) is 5.66. The number of nitrogens with zero attached hydrogens (tertiary/aromatic N) is 1. The number of hydrazine groups is 1. The Morgan fingerprint density at radius 1 is 1.45 bits per heavy atom. The lowest BCUT2D eigenvalue weighted by Crippen LogP contribution is -2.38. The summed E-state index contributed by atoms with van der Waals surface area (Å²) in [4.78, 5) is 4.09. The van der Waals surface area contributed by atoms with Gasteiger partial charge in [-0.1, -0.05) is 13.8 Å². The number of hydrogen-bond acceptors (Lipinski definition) is 2. The van der Waals surface area contributed by atoms with Gasteiger partial charge < -0.3 is 5.73 Å². The highest BCUT2D eigenvalue weighted by Crippen LogP contribution is 2.06. The Labute approximate surface area is 68.0 Å². The second-order valence-corrected chi connectivity index (χ2v) is 3.14. The first-order valence-corrected chi connectivity index (χ1v) is 3.86. The van der Waals surface area contributed by atoms with E-state index in [9.17, 15) is 0 Å². The minimum Gasteiger partial charge on any atom is -0.369 e. The molecule has 5 N–H and O–H groups in total. The average Bonchev–Trinajstić information content (AvgIpc) is 1.85. The maximum absolute atomic E-state index is 5.36. The molecule has 4 heteroatoms. The molecule has 0 heterocycles. The number of nitrogens with two attached hydrogens (primary N) is 2. The predicted molar refractivity (Wildman–Crippen MR) is 47.9 cm³/mol. The van der Waals surface area contributed by atoms with Crippen LogP contribution in [0.2, 0.25) is 0 Å². The van der Waals surface area contributed by atoms with Gasteiger partial charge in [-0.05, 0) is 19.3 Å². The lowest BCUT2D eigenvalue weighted by atomic mass is 10.1. The van der Waals surface area contributed by atoms with Crippen LogP contribution in [0.15, 0.2) is 4.99 Å². The minimum absolute atomic E-state index is 0.242. The van der Waals surface area contributed by atoms with Gasteiger partial charge in [-0.25, -0.2) is 10.8 Å². The molecule has 0 bridgehead atoms. The normalized spacial score (nSPS) is 15.2. The van der Waals surface area contributed by atoms with E-state index >= 15 is 0 Å². The van der Waals surface area contributed by atoms with Crippen LogP contribution in [0.5, 0.6) is 0 Å². The van der Waals surface area contributed by atoms with Crippen molar-refractivity contribution in [3.05, 3.63) is 0 Å². The molecule has 0 aliphatic rings. The Balaban J connectivity index is 3.75. The third-order valence-electron chi connectivity index (χ3n) is 1.32. The Morgan fingerprint density at radius 2 is 2.00 bits per heavy atom. The molecule has 0 aliphatic carbocycles. The van der Waals surface area contributed by atoms with Crippen LogP contribution in [-0.2, 0) is 0 Å². The van der Waals surface area contributed by atoms with Crippen molar-refractivity contribution in [3.8, 4) is 0 Å². The molecule has 0 aromatic rings. The third-order valence-corrected chi connectivity index (χ3v) is 1.32. The highest BCUT2D eigenvalue weighted by atomic mass is 15.3. The molecule has 11 heavy (non-hydrogen) atoms. The van der Waals surface area contributed by atoms with Crippen LogP contribution >= 0.6 is 0 Å². The van der Waals surface area contributed by atoms with Crippen molar-refractivity contribution in [1.29, 1.82) is 0 Å². The fourth-order valence-corrected chi connectivity index (χ4v) is 1.01. The Bertz CT molecular complexity index is 130. The molecule has 1 unspecified atom stereocenters. The SMILES string of the molecule is CC(C)CC(C)N=C(N)NN. The first-order valence-electron chi connectivity index (χ1n) is 3.86. The van der Waals surface area contributed by atoms with Gasteiger partial charge in [-0.3, -0.25) is 5.43 Å². The van der Waals surface area contributed by atoms with E-state index in [0.717, 1.165) is 6.42 Å². The molecule has 0 amide bonds. The minimum atomic E-state index is 0.242. The predicted octanol–water partition coefficient (Wildman–Crippen LogP) is 0.199. The van der Waals surface area contributed by atoms with Crippen molar-refractivity contribution in [1.82, 2.24) is 5.43 Å². The van der Waals surface area contributed by atoms with Crippen LogP contribution < -0.4 is 17.0 Å². The number of aliphatic imine (C=N–C) groups is 1. The number of guanidine groups is 1. The lowest BCUT2D eigenvalue weighted by molar-refractivity contribution is 0.520. The van der Waals surface area contributed by atoms with Crippen molar-refractivity contribution in [3.63, 3.8) is 0 Å². The van der Waals surface area contributed by atoms with Gasteiger partial charge in [0.1, 0.15) is 0 Å². The quantitative estimate of drug-likeness (QED) is 0.238. The summed E-state index contributed by atoms with van der Waals surface area (Å²) >= 11 is 0. The highest BCUT2D eigenvalue weighted by Gasteiger charge is 2.02. The van der Waals surface area contributed by atoms with Gasteiger partial charge in [-0.2, -0.15) is 0 Å². The van der Waals surface area contributed by atoms with E-state index in [1.807, 2.05) is 6.92 Å². The largest absolute Gasteiger partial charge is 0.369 e. The molecule has 0 saturated carbocycles. The zero-order chi connectivity index (χ0) is 8.85. The van der Waals surface area contributed by atoms with Crippen molar-refractivity contribution in [2.75, 3.05) is 0 Å². The Hall–Kier alpha value is -0.770. The van der Waals surface area contributed by atoms with Crippen LogP contribution in [0.3, 0.4) is 0 Å². The molecule has 0 saturated heterocycles. The molecule has 0 aromatic heterocycles. The molecular formula is C7H18N4. The van der Waals surface area contributed by atoms with Crippen LogP contribution in [0.25, 0.3) is 0 Å². The van der Waals surface area contributed by atoms with Crippen molar-refractivity contribution >= 4 is 5.96 Å². The molecule has 1 atom stereocenters. The molecule has 0 rings (SSSR count). The summed E-state index contributed by atoms with van der Waals surface area (Å²) in [5.74, 6) is 5.99. The van der Waals surface area contributed by atoms with Crippen LogP contribution in [0.4, 0.5) is 0 Å². The summed E-state index contributed by atoms with van der Waals surface area (Å²) in [6.45, 7) is 6.32. The van der Waals surface area contributed by atoms with Gasteiger partial charge >= 0.3 is 0 Å². The van der Waals surface area contributed by atoms with Gasteiger partial charge in [0, 0.05) is 0 Å². The topological polar surface area (TPSA) is 76.4 Å². The number of rotatable bonds is 3. The second kappa shape index (κ2) is 4.96. The molecule has 0 radical (unpaired) electrons. The zero-order valence-corrected chi connectivity index (χ0v) is 7.46. The van der Waals surface area contributed by atoms with Gasteiger partial charge in [0.05, 0.1) is 6.04 Å². The molecule has 66 valence electrons. The number of hydrogen-bond donors (Lipinski definition) is 3. The Morgan fingerprint density at radius 3 is 2.36 bits per heavy atom. The standard InChI is InChI=1S/C7H18N4/c1-5(2)4-6(3)10-7(8)11-9/h5-6H,4,9H2,1-3H3,(H3,8,10,11). The summed E-state index contributed by atoms with van der Waals surface area (Å²) in [6.07, 6.45) is 1.03. The molecule has 0 aromatic carbocycles. The van der Waals surface area contributed by atoms with Crippen molar-refractivity contribution < 1.29 is 0 Å². The van der Waals surface area contributed by atoms with E-state index in [-0.39, 0.29) is 6.04 Å². The van der Waals surface area contributed by atoms with Crippen LogP contribution in [-0.4, -0.2) is 12.0 Å². The summed E-state index contributed by atoms with van der Waals surface area (Å²) in [7, 11) is 0. The average molecular weight is 158 g/mol. The van der Waals surface area contributed by atoms with Crippen molar-refractivity contribution in [2.45, 2.75) is 33.2 Å². The Kier molecular flexibility index (Phi) is 4.61. The first-order chi connectivity index (χ1) is 5.06.